The summed E-state index contributed by atoms with van der Waals surface area (Å²) in [5.74, 6) is 0.567. The first-order valence-electron chi connectivity index (χ1n) is 12.2. The van der Waals surface area contributed by atoms with Crippen LogP contribution in [0.25, 0.3) is 16.8 Å². The van der Waals surface area contributed by atoms with Crippen LogP contribution in [0.4, 0.5) is 17.3 Å². The van der Waals surface area contributed by atoms with Crippen molar-refractivity contribution in [2.75, 3.05) is 43.4 Å². The molecule has 0 bridgehead atoms. The molecule has 1 aliphatic heterocycles. The van der Waals surface area contributed by atoms with Crippen molar-refractivity contribution in [3.8, 4) is 11.3 Å². The van der Waals surface area contributed by atoms with Crippen molar-refractivity contribution >= 4 is 22.8 Å². The highest BCUT2D eigenvalue weighted by Gasteiger charge is 2.15. The zero-order valence-corrected chi connectivity index (χ0v) is 21.0. The van der Waals surface area contributed by atoms with Crippen molar-refractivity contribution in [2.24, 2.45) is 0 Å². The third-order valence-corrected chi connectivity index (χ3v) is 6.26. The summed E-state index contributed by atoms with van der Waals surface area (Å²) in [5, 5.41) is 8.22. The zero-order chi connectivity index (χ0) is 24.4. The second kappa shape index (κ2) is 9.68. The van der Waals surface area contributed by atoms with Crippen molar-refractivity contribution < 1.29 is 4.74 Å². The number of hydrogen-bond donors (Lipinski definition) is 1. The van der Waals surface area contributed by atoms with E-state index in [2.05, 4.69) is 103 Å². The van der Waals surface area contributed by atoms with E-state index in [1.165, 1.54) is 5.69 Å². The third-order valence-electron chi connectivity index (χ3n) is 6.26. The fourth-order valence-corrected chi connectivity index (χ4v) is 4.27. The van der Waals surface area contributed by atoms with Gasteiger partial charge in [0.25, 0.3) is 0 Å². The average Bonchev–Trinajstić information content (AvgIpc) is 3.26. The van der Waals surface area contributed by atoms with E-state index in [9.17, 15) is 0 Å². The highest BCUT2D eigenvalue weighted by molar-refractivity contribution is 5.68. The number of hydrogen-bond acceptors (Lipinski definition) is 6. The van der Waals surface area contributed by atoms with Gasteiger partial charge in [0.1, 0.15) is 0 Å². The SMILES string of the molecule is CN1CCN(c2cccc(Nc3ncc4ccc(-c5cccc(COC(C)(C)C)c5)n4n3)c2)CC1. The van der Waals surface area contributed by atoms with Crippen molar-refractivity contribution in [3.63, 3.8) is 0 Å². The minimum atomic E-state index is -0.173. The Morgan fingerprint density at radius 1 is 0.943 bits per heavy atom. The minimum absolute atomic E-state index is 0.173. The van der Waals surface area contributed by atoms with Gasteiger partial charge in [-0.1, -0.05) is 24.3 Å². The maximum atomic E-state index is 5.97. The van der Waals surface area contributed by atoms with Gasteiger partial charge in [0.05, 0.1) is 29.6 Å². The fourth-order valence-electron chi connectivity index (χ4n) is 4.27. The number of fused-ring (bicyclic) bond motifs is 1. The van der Waals surface area contributed by atoms with Gasteiger partial charge in [-0.15, -0.1) is 5.10 Å². The molecule has 0 amide bonds. The van der Waals surface area contributed by atoms with Gasteiger partial charge < -0.3 is 19.9 Å². The monoisotopic (exact) mass is 470 g/mol. The average molecular weight is 471 g/mol. The normalized spacial score (nSPS) is 15.0. The van der Waals surface area contributed by atoms with Crippen molar-refractivity contribution in [2.45, 2.75) is 33.0 Å². The van der Waals surface area contributed by atoms with Crippen LogP contribution in [0.3, 0.4) is 0 Å². The Hall–Kier alpha value is -3.42. The molecule has 35 heavy (non-hydrogen) atoms. The molecule has 0 saturated carbocycles. The molecule has 1 saturated heterocycles. The first-order chi connectivity index (χ1) is 16.8. The summed E-state index contributed by atoms with van der Waals surface area (Å²) in [5.41, 5.74) is 6.24. The van der Waals surface area contributed by atoms with Crippen molar-refractivity contribution in [1.29, 1.82) is 0 Å². The summed E-state index contributed by atoms with van der Waals surface area (Å²) >= 11 is 0. The Bertz CT molecular complexity index is 1300. The van der Waals surface area contributed by atoms with E-state index in [0.717, 1.165) is 54.2 Å². The van der Waals surface area contributed by atoms with Gasteiger partial charge in [0.15, 0.2) is 0 Å². The number of benzene rings is 2. The lowest BCUT2D eigenvalue weighted by atomic mass is 10.1. The van der Waals surface area contributed by atoms with Gasteiger partial charge in [0, 0.05) is 43.1 Å². The van der Waals surface area contributed by atoms with Gasteiger partial charge in [-0.05, 0) is 69.8 Å². The van der Waals surface area contributed by atoms with Crippen LogP contribution in [0.15, 0.2) is 66.9 Å². The number of rotatable bonds is 6. The molecule has 0 radical (unpaired) electrons. The molecular weight excluding hydrogens is 436 g/mol. The van der Waals surface area contributed by atoms with Gasteiger partial charge >= 0.3 is 0 Å². The van der Waals surface area contributed by atoms with Crippen LogP contribution < -0.4 is 10.2 Å². The van der Waals surface area contributed by atoms with E-state index in [0.29, 0.717) is 12.6 Å². The van der Waals surface area contributed by atoms with Crippen LogP contribution in [0.5, 0.6) is 0 Å². The largest absolute Gasteiger partial charge is 0.371 e. The summed E-state index contributed by atoms with van der Waals surface area (Å²) in [4.78, 5) is 9.34. The molecule has 1 fully saturated rings. The van der Waals surface area contributed by atoms with Gasteiger partial charge in [0.2, 0.25) is 5.95 Å². The Balaban J connectivity index is 1.37. The number of nitrogens with zero attached hydrogens (tertiary/aromatic N) is 5. The smallest absolute Gasteiger partial charge is 0.245 e. The molecule has 2 aromatic heterocycles. The van der Waals surface area contributed by atoms with Gasteiger partial charge in [-0.3, -0.25) is 0 Å². The van der Waals surface area contributed by atoms with Crippen LogP contribution in [-0.4, -0.2) is 58.3 Å². The van der Waals surface area contributed by atoms with Crippen LogP contribution >= 0.6 is 0 Å². The molecule has 5 rings (SSSR count). The molecular formula is C28H34N6O. The van der Waals surface area contributed by atoms with E-state index < -0.39 is 0 Å². The fraction of sp³-hybridized carbons (Fsp3) is 0.357. The van der Waals surface area contributed by atoms with Crippen LogP contribution in [-0.2, 0) is 11.3 Å². The summed E-state index contributed by atoms with van der Waals surface area (Å²) in [6.07, 6.45) is 1.86. The third kappa shape index (κ3) is 5.63. The molecule has 0 unspecified atom stereocenters. The highest BCUT2D eigenvalue weighted by atomic mass is 16.5. The molecule has 0 atom stereocenters. The number of ether oxygens (including phenoxy) is 1. The Morgan fingerprint density at radius 3 is 2.54 bits per heavy atom. The molecule has 4 aromatic rings. The maximum Gasteiger partial charge on any atom is 0.245 e. The second-order valence-corrected chi connectivity index (χ2v) is 10.2. The quantitative estimate of drug-likeness (QED) is 0.418. The Kier molecular flexibility index (Phi) is 6.45. The molecule has 3 heterocycles. The van der Waals surface area contributed by atoms with Crippen LogP contribution in [0, 0.1) is 0 Å². The molecule has 7 nitrogen and oxygen atoms in total. The van der Waals surface area contributed by atoms with Crippen molar-refractivity contribution in [3.05, 3.63) is 72.4 Å². The molecule has 182 valence electrons. The zero-order valence-electron chi connectivity index (χ0n) is 21.0. The number of nitrogens with one attached hydrogen (secondary N) is 1. The maximum absolute atomic E-state index is 5.97. The van der Waals surface area contributed by atoms with Gasteiger partial charge in [-0.2, -0.15) is 0 Å². The first-order valence-corrected chi connectivity index (χ1v) is 12.2. The van der Waals surface area contributed by atoms with Crippen molar-refractivity contribution in [1.82, 2.24) is 19.5 Å². The van der Waals surface area contributed by atoms with Crippen LogP contribution in [0.1, 0.15) is 26.3 Å². The second-order valence-electron chi connectivity index (χ2n) is 10.2. The molecule has 2 aromatic carbocycles. The summed E-state index contributed by atoms with van der Waals surface area (Å²) in [7, 11) is 2.17. The molecule has 1 aliphatic rings. The lowest BCUT2D eigenvalue weighted by Crippen LogP contribution is -2.44. The predicted octanol–water partition coefficient (Wildman–Crippen LogP) is 5.21. The number of likely N-dealkylation sites (N-methyl/N-ethyl adjacent to an activating group) is 1. The van der Waals surface area contributed by atoms with Crippen LogP contribution in [0.2, 0.25) is 0 Å². The Labute approximate surface area is 207 Å². The molecule has 1 N–H and O–H groups in total. The highest BCUT2D eigenvalue weighted by Crippen LogP contribution is 2.26. The number of piperazine rings is 1. The van der Waals surface area contributed by atoms with Gasteiger partial charge in [-0.25, -0.2) is 9.50 Å². The van der Waals surface area contributed by atoms with E-state index in [1.54, 1.807) is 0 Å². The predicted molar refractivity (Wildman–Crippen MR) is 142 cm³/mol. The topological polar surface area (TPSA) is 57.9 Å². The first kappa shape index (κ1) is 23.3. The standard InChI is InChI=1S/C28H34N6O/c1-28(2,3)35-20-21-7-5-8-22(17-21)26-12-11-25-19-29-27(31-34(25)26)30-23-9-6-10-24(18-23)33-15-13-32(4)14-16-33/h5-12,17-19H,13-16,20H2,1-4H3,(H,30,31). The van der Waals surface area contributed by atoms with E-state index >= 15 is 0 Å². The summed E-state index contributed by atoms with van der Waals surface area (Å²) < 4.78 is 7.92. The number of anilines is 3. The Morgan fingerprint density at radius 2 is 1.74 bits per heavy atom. The van der Waals surface area contributed by atoms with E-state index in [4.69, 9.17) is 9.84 Å². The molecule has 7 heteroatoms. The lowest BCUT2D eigenvalue weighted by molar-refractivity contribution is -0.0149. The minimum Gasteiger partial charge on any atom is -0.371 e. The molecule has 0 spiro atoms. The number of aromatic nitrogens is 3. The molecule has 0 aliphatic carbocycles. The van der Waals surface area contributed by atoms with E-state index in [1.807, 2.05) is 16.8 Å². The summed E-state index contributed by atoms with van der Waals surface area (Å²) in [6.45, 7) is 11.0. The van der Waals surface area contributed by atoms with E-state index in [-0.39, 0.29) is 5.60 Å². The summed E-state index contributed by atoms with van der Waals surface area (Å²) in [6, 6.07) is 21.1. The lowest BCUT2D eigenvalue weighted by Gasteiger charge is -2.34.